The number of nitrogens with zero attached hydrogens (tertiary/aromatic N) is 1. The third-order valence-electron chi connectivity index (χ3n) is 5.59. The molecular formula is C23H30N2O4S. The highest BCUT2D eigenvalue weighted by molar-refractivity contribution is 7.92. The van der Waals surface area contributed by atoms with E-state index < -0.39 is 10.0 Å². The van der Waals surface area contributed by atoms with Crippen LogP contribution in [0.1, 0.15) is 48.9 Å². The number of amides is 1. The molecular weight excluding hydrogens is 400 g/mol. The van der Waals surface area contributed by atoms with Crippen molar-refractivity contribution in [3.05, 3.63) is 59.2 Å². The van der Waals surface area contributed by atoms with Gasteiger partial charge in [-0.1, -0.05) is 25.1 Å². The molecule has 0 saturated heterocycles. The zero-order valence-electron chi connectivity index (χ0n) is 17.8. The maximum atomic E-state index is 12.4. The van der Waals surface area contributed by atoms with Crippen molar-refractivity contribution in [2.24, 2.45) is 0 Å². The Morgan fingerprint density at radius 3 is 2.40 bits per heavy atom. The van der Waals surface area contributed by atoms with Gasteiger partial charge >= 0.3 is 0 Å². The van der Waals surface area contributed by atoms with Crippen LogP contribution >= 0.6 is 0 Å². The summed E-state index contributed by atoms with van der Waals surface area (Å²) >= 11 is 0. The summed E-state index contributed by atoms with van der Waals surface area (Å²) in [5, 5.41) is 3.06. The number of aryl methyl sites for hydroxylation is 2. The van der Waals surface area contributed by atoms with Crippen LogP contribution in [0.15, 0.2) is 42.5 Å². The molecule has 162 valence electrons. The molecule has 0 spiro atoms. The predicted octanol–water partition coefficient (Wildman–Crippen LogP) is 3.61. The first-order valence-corrected chi connectivity index (χ1v) is 12.2. The van der Waals surface area contributed by atoms with Gasteiger partial charge in [0.25, 0.3) is 5.91 Å². The van der Waals surface area contributed by atoms with Gasteiger partial charge in [-0.2, -0.15) is 0 Å². The van der Waals surface area contributed by atoms with Crippen molar-refractivity contribution in [3.63, 3.8) is 0 Å². The lowest BCUT2D eigenvalue weighted by atomic mass is 9.89. The number of carbonyl (C=O) groups excluding carboxylic acids is 1. The highest BCUT2D eigenvalue weighted by Gasteiger charge is 2.17. The third kappa shape index (κ3) is 5.53. The lowest BCUT2D eigenvalue weighted by Gasteiger charge is -2.22. The topological polar surface area (TPSA) is 75.7 Å². The molecule has 1 atom stereocenters. The number of ether oxygens (including phenoxy) is 1. The molecule has 0 aromatic heterocycles. The standard InChI is InChI=1S/C23H30N2O4S/c1-4-22(19-10-9-17-7-5-6-8-18(17)15-19)24-23(26)16-29-21-13-11-20(12-14-21)25(2)30(3,27)28/h9-15,22H,4-8,16H2,1-3H3,(H,24,26)/t22-/m0/s1. The van der Waals surface area contributed by atoms with Crippen LogP contribution in [-0.2, 0) is 27.7 Å². The molecule has 2 aromatic carbocycles. The van der Waals surface area contributed by atoms with Gasteiger partial charge in [-0.25, -0.2) is 8.42 Å². The van der Waals surface area contributed by atoms with Crippen molar-refractivity contribution in [2.45, 2.75) is 45.1 Å². The Hall–Kier alpha value is -2.54. The van der Waals surface area contributed by atoms with E-state index in [1.54, 1.807) is 24.3 Å². The highest BCUT2D eigenvalue weighted by atomic mass is 32.2. The Kier molecular flexibility index (Phi) is 7.02. The smallest absolute Gasteiger partial charge is 0.258 e. The van der Waals surface area contributed by atoms with Gasteiger partial charge in [-0.05, 0) is 73.1 Å². The molecule has 6 nitrogen and oxygen atoms in total. The zero-order chi connectivity index (χ0) is 21.7. The molecule has 1 aliphatic carbocycles. The van der Waals surface area contributed by atoms with Crippen LogP contribution in [0.3, 0.4) is 0 Å². The fraction of sp³-hybridized carbons (Fsp3) is 0.435. The van der Waals surface area contributed by atoms with Crippen LogP contribution in [0.4, 0.5) is 5.69 Å². The van der Waals surface area contributed by atoms with Crippen molar-refractivity contribution < 1.29 is 17.9 Å². The van der Waals surface area contributed by atoms with Crippen LogP contribution < -0.4 is 14.4 Å². The molecule has 0 heterocycles. The van der Waals surface area contributed by atoms with E-state index in [2.05, 4.69) is 30.4 Å². The molecule has 2 aromatic rings. The molecule has 1 N–H and O–H groups in total. The molecule has 0 aliphatic heterocycles. The first-order valence-electron chi connectivity index (χ1n) is 10.4. The van der Waals surface area contributed by atoms with Crippen LogP contribution in [0.25, 0.3) is 0 Å². The van der Waals surface area contributed by atoms with Gasteiger partial charge in [0.2, 0.25) is 10.0 Å². The Labute approximate surface area is 179 Å². The molecule has 0 radical (unpaired) electrons. The third-order valence-corrected chi connectivity index (χ3v) is 6.79. The monoisotopic (exact) mass is 430 g/mol. The minimum absolute atomic E-state index is 0.0425. The van der Waals surface area contributed by atoms with Crippen LogP contribution in [0.5, 0.6) is 5.75 Å². The molecule has 7 heteroatoms. The number of sulfonamides is 1. The van der Waals surface area contributed by atoms with Crippen molar-refractivity contribution in [2.75, 3.05) is 24.2 Å². The first kappa shape index (κ1) is 22.2. The first-order chi connectivity index (χ1) is 14.3. The summed E-state index contributed by atoms with van der Waals surface area (Å²) in [5.41, 5.74) is 4.51. The van der Waals surface area contributed by atoms with Crippen LogP contribution in [0, 0.1) is 0 Å². The van der Waals surface area contributed by atoms with Gasteiger partial charge in [0, 0.05) is 7.05 Å². The average Bonchev–Trinajstić information content (AvgIpc) is 2.75. The fourth-order valence-corrected chi connectivity index (χ4v) is 4.22. The number of fused-ring (bicyclic) bond motifs is 1. The van der Waals surface area contributed by atoms with Gasteiger partial charge in [0.1, 0.15) is 5.75 Å². The lowest BCUT2D eigenvalue weighted by molar-refractivity contribution is -0.123. The number of nitrogens with one attached hydrogen (secondary N) is 1. The maximum absolute atomic E-state index is 12.4. The summed E-state index contributed by atoms with van der Waals surface area (Å²) in [6.45, 7) is 1.96. The highest BCUT2D eigenvalue weighted by Crippen LogP contribution is 2.26. The fourth-order valence-electron chi connectivity index (χ4n) is 3.72. The van der Waals surface area contributed by atoms with Gasteiger partial charge in [0.05, 0.1) is 18.0 Å². The number of rotatable bonds is 8. The Balaban J connectivity index is 1.57. The summed E-state index contributed by atoms with van der Waals surface area (Å²) in [5.74, 6) is 0.328. The molecule has 0 unspecified atom stereocenters. The van der Waals surface area contributed by atoms with Crippen LogP contribution in [-0.4, -0.2) is 34.2 Å². The van der Waals surface area contributed by atoms with E-state index in [9.17, 15) is 13.2 Å². The number of benzene rings is 2. The molecule has 1 aliphatic rings. The molecule has 3 rings (SSSR count). The maximum Gasteiger partial charge on any atom is 0.258 e. The molecule has 0 bridgehead atoms. The number of carbonyl (C=O) groups is 1. The second kappa shape index (κ2) is 9.51. The number of hydrogen-bond donors (Lipinski definition) is 1. The molecule has 0 fully saturated rings. The van der Waals surface area contributed by atoms with Crippen molar-refractivity contribution in [1.29, 1.82) is 0 Å². The Bertz CT molecular complexity index is 987. The van der Waals surface area contributed by atoms with E-state index in [0.29, 0.717) is 11.4 Å². The van der Waals surface area contributed by atoms with Gasteiger partial charge in [0.15, 0.2) is 6.61 Å². The minimum Gasteiger partial charge on any atom is -0.484 e. The summed E-state index contributed by atoms with van der Waals surface area (Å²) < 4.78 is 30.0. The minimum atomic E-state index is -3.31. The quantitative estimate of drug-likeness (QED) is 0.694. The summed E-state index contributed by atoms with van der Waals surface area (Å²) in [6, 6.07) is 13.1. The molecule has 30 heavy (non-hydrogen) atoms. The predicted molar refractivity (Wildman–Crippen MR) is 119 cm³/mol. The normalized spacial score (nSPS) is 14.5. The van der Waals surface area contributed by atoms with E-state index in [1.165, 1.54) is 35.3 Å². The number of anilines is 1. The SMILES string of the molecule is CC[C@H](NC(=O)COc1ccc(N(C)S(C)(=O)=O)cc1)c1ccc2c(c1)CCCC2. The van der Waals surface area contributed by atoms with E-state index in [-0.39, 0.29) is 18.6 Å². The second-order valence-electron chi connectivity index (χ2n) is 7.78. The average molecular weight is 431 g/mol. The van der Waals surface area contributed by atoms with Gasteiger partial charge in [-0.3, -0.25) is 9.10 Å². The van der Waals surface area contributed by atoms with E-state index in [4.69, 9.17) is 4.74 Å². The van der Waals surface area contributed by atoms with Crippen molar-refractivity contribution in [1.82, 2.24) is 5.32 Å². The lowest BCUT2D eigenvalue weighted by Crippen LogP contribution is -2.32. The summed E-state index contributed by atoms with van der Waals surface area (Å²) in [7, 11) is -1.82. The second-order valence-corrected chi connectivity index (χ2v) is 9.79. The zero-order valence-corrected chi connectivity index (χ0v) is 18.7. The number of hydrogen-bond acceptors (Lipinski definition) is 4. The van der Waals surface area contributed by atoms with Gasteiger partial charge < -0.3 is 10.1 Å². The molecule has 1 amide bonds. The van der Waals surface area contributed by atoms with E-state index in [1.807, 2.05) is 0 Å². The largest absolute Gasteiger partial charge is 0.484 e. The summed E-state index contributed by atoms with van der Waals surface area (Å²) in [6.07, 6.45) is 6.69. The van der Waals surface area contributed by atoms with Crippen molar-refractivity contribution in [3.8, 4) is 5.75 Å². The summed E-state index contributed by atoms with van der Waals surface area (Å²) in [4.78, 5) is 12.4. The van der Waals surface area contributed by atoms with E-state index in [0.717, 1.165) is 31.1 Å². The molecule has 0 saturated carbocycles. The van der Waals surface area contributed by atoms with Crippen LogP contribution in [0.2, 0.25) is 0 Å². The Morgan fingerprint density at radius 1 is 1.10 bits per heavy atom. The van der Waals surface area contributed by atoms with Gasteiger partial charge in [-0.15, -0.1) is 0 Å². The van der Waals surface area contributed by atoms with E-state index >= 15 is 0 Å². The Morgan fingerprint density at radius 2 is 1.77 bits per heavy atom. The van der Waals surface area contributed by atoms with Crippen molar-refractivity contribution >= 4 is 21.6 Å².